The van der Waals surface area contributed by atoms with Crippen LogP contribution in [0.25, 0.3) is 0 Å². The predicted octanol–water partition coefficient (Wildman–Crippen LogP) is 6.10. The van der Waals surface area contributed by atoms with E-state index in [4.69, 9.17) is 0 Å². The van der Waals surface area contributed by atoms with Crippen LogP contribution in [0.3, 0.4) is 0 Å². The van der Waals surface area contributed by atoms with Crippen molar-refractivity contribution in [2.45, 2.75) is 97.3 Å². The molecular formula is C16H32. The lowest BCUT2D eigenvalue weighted by Crippen LogP contribution is -2.22. The van der Waals surface area contributed by atoms with Crippen molar-refractivity contribution >= 4 is 0 Å². The summed E-state index contributed by atoms with van der Waals surface area (Å²) in [5.74, 6) is 0. The van der Waals surface area contributed by atoms with Gasteiger partial charge in [-0.2, -0.15) is 0 Å². The molecule has 1 fully saturated rings. The van der Waals surface area contributed by atoms with Gasteiger partial charge in [-0.3, -0.25) is 0 Å². The van der Waals surface area contributed by atoms with Crippen molar-refractivity contribution in [3.8, 4) is 0 Å². The third kappa shape index (κ3) is 4.89. The summed E-state index contributed by atoms with van der Waals surface area (Å²) < 4.78 is 0. The highest BCUT2D eigenvalue weighted by Gasteiger charge is 2.28. The first-order valence-corrected chi connectivity index (χ1v) is 7.83. The van der Waals surface area contributed by atoms with Crippen LogP contribution in [-0.2, 0) is 0 Å². The number of rotatable bonds is 6. The van der Waals surface area contributed by atoms with E-state index in [2.05, 4.69) is 13.8 Å². The first-order chi connectivity index (χ1) is 7.83. The second-order valence-corrected chi connectivity index (χ2v) is 5.97. The van der Waals surface area contributed by atoms with E-state index in [9.17, 15) is 0 Å². The van der Waals surface area contributed by atoms with Crippen molar-refractivity contribution < 1.29 is 0 Å². The van der Waals surface area contributed by atoms with Gasteiger partial charge in [0.05, 0.1) is 0 Å². The summed E-state index contributed by atoms with van der Waals surface area (Å²) in [5.41, 5.74) is 0.756. The van der Waals surface area contributed by atoms with Crippen molar-refractivity contribution in [1.82, 2.24) is 0 Å². The lowest BCUT2D eigenvalue weighted by molar-refractivity contribution is 0.165. The Kier molecular flexibility index (Phi) is 7.16. The fourth-order valence-electron chi connectivity index (χ4n) is 3.38. The highest BCUT2D eigenvalue weighted by molar-refractivity contribution is 4.80. The van der Waals surface area contributed by atoms with E-state index in [1.54, 1.807) is 0 Å². The molecule has 16 heavy (non-hydrogen) atoms. The second kappa shape index (κ2) is 8.14. The van der Waals surface area contributed by atoms with Crippen molar-refractivity contribution in [2.75, 3.05) is 0 Å². The summed E-state index contributed by atoms with van der Waals surface area (Å²) >= 11 is 0. The Hall–Kier alpha value is 0. The predicted molar refractivity (Wildman–Crippen MR) is 73.8 cm³/mol. The zero-order valence-corrected chi connectivity index (χ0v) is 11.7. The van der Waals surface area contributed by atoms with Crippen LogP contribution in [0.4, 0.5) is 0 Å². The van der Waals surface area contributed by atoms with Gasteiger partial charge >= 0.3 is 0 Å². The third-order valence-electron chi connectivity index (χ3n) is 4.54. The van der Waals surface area contributed by atoms with Crippen molar-refractivity contribution in [3.05, 3.63) is 0 Å². The summed E-state index contributed by atoms with van der Waals surface area (Å²) in [6, 6.07) is 0. The molecule has 0 radical (unpaired) electrons. The second-order valence-electron chi connectivity index (χ2n) is 5.97. The zero-order chi connectivity index (χ0) is 11.7. The van der Waals surface area contributed by atoms with Crippen LogP contribution >= 0.6 is 0 Å². The van der Waals surface area contributed by atoms with Crippen LogP contribution in [0.1, 0.15) is 97.3 Å². The first kappa shape index (κ1) is 14.1. The summed E-state index contributed by atoms with van der Waals surface area (Å²) in [6.07, 6.45) is 19.3. The molecule has 0 aromatic heterocycles. The molecule has 0 aromatic carbocycles. The topological polar surface area (TPSA) is 0 Å². The van der Waals surface area contributed by atoms with Gasteiger partial charge in [0, 0.05) is 0 Å². The molecule has 0 bridgehead atoms. The van der Waals surface area contributed by atoms with Crippen LogP contribution < -0.4 is 0 Å². The molecule has 0 amide bonds. The van der Waals surface area contributed by atoms with Crippen LogP contribution in [0, 0.1) is 5.41 Å². The Balaban J connectivity index is 2.49. The number of unbranched alkanes of at least 4 members (excludes halogenated alkanes) is 2. The molecule has 0 N–H and O–H groups in total. The van der Waals surface area contributed by atoms with E-state index in [1.807, 2.05) is 0 Å². The van der Waals surface area contributed by atoms with E-state index in [-0.39, 0.29) is 0 Å². The van der Waals surface area contributed by atoms with Crippen LogP contribution in [0.5, 0.6) is 0 Å². The lowest BCUT2D eigenvalue weighted by atomic mass is 9.70. The monoisotopic (exact) mass is 224 g/mol. The largest absolute Gasteiger partial charge is 0.0654 e. The molecule has 1 saturated carbocycles. The van der Waals surface area contributed by atoms with Gasteiger partial charge in [0.25, 0.3) is 0 Å². The first-order valence-electron chi connectivity index (χ1n) is 7.83. The fourth-order valence-corrected chi connectivity index (χ4v) is 3.38. The Morgan fingerprint density at radius 2 is 1.12 bits per heavy atom. The highest BCUT2D eigenvalue weighted by atomic mass is 14.3. The quantitative estimate of drug-likeness (QED) is 0.511. The maximum atomic E-state index is 2.34. The number of hydrogen-bond acceptors (Lipinski definition) is 0. The van der Waals surface area contributed by atoms with Gasteiger partial charge in [-0.25, -0.2) is 0 Å². The highest BCUT2D eigenvalue weighted by Crippen LogP contribution is 2.42. The van der Waals surface area contributed by atoms with Gasteiger partial charge < -0.3 is 0 Å². The van der Waals surface area contributed by atoms with E-state index < -0.39 is 0 Å². The van der Waals surface area contributed by atoms with Gasteiger partial charge in [-0.05, 0) is 31.1 Å². The van der Waals surface area contributed by atoms with Crippen molar-refractivity contribution in [3.63, 3.8) is 0 Å². The van der Waals surface area contributed by atoms with E-state index >= 15 is 0 Å². The average Bonchev–Trinajstić information content (AvgIpc) is 2.27. The number of hydrogen-bond donors (Lipinski definition) is 0. The maximum absolute atomic E-state index is 2.34. The molecule has 0 aromatic rings. The molecule has 0 aliphatic heterocycles. The van der Waals surface area contributed by atoms with Gasteiger partial charge in [-0.15, -0.1) is 0 Å². The molecule has 0 saturated heterocycles. The molecule has 0 heteroatoms. The van der Waals surface area contributed by atoms with E-state index in [0.29, 0.717) is 0 Å². The summed E-state index contributed by atoms with van der Waals surface area (Å²) in [5, 5.41) is 0. The summed E-state index contributed by atoms with van der Waals surface area (Å²) in [4.78, 5) is 0. The van der Waals surface area contributed by atoms with Gasteiger partial charge in [0.15, 0.2) is 0 Å². The van der Waals surface area contributed by atoms with E-state index in [1.165, 1.54) is 83.5 Å². The molecule has 0 unspecified atom stereocenters. The molecule has 0 heterocycles. The van der Waals surface area contributed by atoms with Gasteiger partial charge in [0.1, 0.15) is 0 Å². The van der Waals surface area contributed by atoms with Crippen LogP contribution in [-0.4, -0.2) is 0 Å². The average molecular weight is 224 g/mol. The maximum Gasteiger partial charge on any atom is -0.0297 e. The van der Waals surface area contributed by atoms with Crippen LogP contribution in [0.2, 0.25) is 0 Å². The minimum absolute atomic E-state index is 0.756. The molecule has 96 valence electrons. The molecule has 0 atom stereocenters. The van der Waals surface area contributed by atoms with Gasteiger partial charge in [-0.1, -0.05) is 71.6 Å². The smallest absolute Gasteiger partial charge is 0.0297 e. The zero-order valence-electron chi connectivity index (χ0n) is 11.7. The summed E-state index contributed by atoms with van der Waals surface area (Å²) in [7, 11) is 0. The van der Waals surface area contributed by atoms with Crippen molar-refractivity contribution in [1.29, 1.82) is 0 Å². The Morgan fingerprint density at radius 1 is 0.688 bits per heavy atom. The normalized spacial score (nSPS) is 21.4. The minimum Gasteiger partial charge on any atom is -0.0654 e. The summed E-state index contributed by atoms with van der Waals surface area (Å²) in [6.45, 7) is 4.69. The molecule has 0 nitrogen and oxygen atoms in total. The Bertz CT molecular complexity index is 134. The molecule has 0 spiro atoms. The van der Waals surface area contributed by atoms with Crippen LogP contribution in [0.15, 0.2) is 0 Å². The van der Waals surface area contributed by atoms with E-state index in [0.717, 1.165) is 5.41 Å². The van der Waals surface area contributed by atoms with Crippen molar-refractivity contribution in [2.24, 2.45) is 5.41 Å². The third-order valence-corrected chi connectivity index (χ3v) is 4.54. The SMILES string of the molecule is CCCCC1(CCCC)CCCCCCC1. The Labute approximate surface area is 103 Å². The minimum atomic E-state index is 0.756. The standard InChI is InChI=1S/C16H32/c1-3-5-12-16(13-6-4-2)14-10-8-7-9-11-15-16/h3-15H2,1-2H3. The lowest BCUT2D eigenvalue weighted by Gasteiger charge is -2.36. The Morgan fingerprint density at radius 3 is 1.56 bits per heavy atom. The molecule has 1 aliphatic carbocycles. The molecular weight excluding hydrogens is 192 g/mol. The molecule has 1 aliphatic rings. The van der Waals surface area contributed by atoms with Gasteiger partial charge in [0.2, 0.25) is 0 Å². The fraction of sp³-hybridized carbons (Fsp3) is 1.00. The molecule has 1 rings (SSSR count).